The molecule has 0 saturated heterocycles. The fourth-order valence-electron chi connectivity index (χ4n) is 1.19. The summed E-state index contributed by atoms with van der Waals surface area (Å²) < 4.78 is 1.83. The lowest BCUT2D eigenvalue weighted by molar-refractivity contribution is 0.701. The number of hydrogen-bond acceptors (Lipinski definition) is 1. The van der Waals surface area contributed by atoms with Gasteiger partial charge < -0.3 is 0 Å². The number of halogens is 1. The van der Waals surface area contributed by atoms with Crippen molar-refractivity contribution in [3.05, 3.63) is 29.1 Å². The van der Waals surface area contributed by atoms with Crippen molar-refractivity contribution < 1.29 is 0 Å². The van der Waals surface area contributed by atoms with Crippen LogP contribution in [0.2, 0.25) is 5.02 Å². The average molecular weight is 185 g/mol. The fourth-order valence-corrected chi connectivity index (χ4v) is 1.45. The van der Waals surface area contributed by atoms with E-state index in [4.69, 9.17) is 11.6 Å². The quantitative estimate of drug-likeness (QED) is 0.661. The molecule has 0 unspecified atom stereocenters. The number of aryl methyl sites for hydroxylation is 2. The Bertz CT molecular complexity index is 289. The minimum absolute atomic E-state index is 0.791. The predicted octanol–water partition coefficient (Wildman–Crippen LogP) is 2.50. The molecule has 0 radical (unpaired) electrons. The second-order valence-corrected chi connectivity index (χ2v) is 3.18. The molecule has 0 aliphatic rings. The van der Waals surface area contributed by atoms with Crippen molar-refractivity contribution in [1.82, 2.24) is 9.78 Å². The molecule has 2 nitrogen and oxygen atoms in total. The molecular formula is C9H13ClN2. The summed E-state index contributed by atoms with van der Waals surface area (Å²) in [6.45, 7) is 5.59. The van der Waals surface area contributed by atoms with E-state index in [1.165, 1.54) is 0 Å². The van der Waals surface area contributed by atoms with Gasteiger partial charge in [-0.3, -0.25) is 4.68 Å². The molecule has 0 aliphatic carbocycles. The molecule has 1 rings (SSSR count). The number of allylic oxidation sites excluding steroid dienone is 1. The van der Waals surface area contributed by atoms with Crippen LogP contribution in [0.15, 0.2) is 12.7 Å². The monoisotopic (exact) mass is 184 g/mol. The van der Waals surface area contributed by atoms with Crippen LogP contribution in [0.3, 0.4) is 0 Å². The highest BCUT2D eigenvalue weighted by molar-refractivity contribution is 6.31. The third-order valence-corrected chi connectivity index (χ3v) is 2.34. The van der Waals surface area contributed by atoms with Crippen molar-refractivity contribution in [1.29, 1.82) is 0 Å². The van der Waals surface area contributed by atoms with Crippen LogP contribution in [0.25, 0.3) is 0 Å². The minimum atomic E-state index is 0.791. The molecule has 0 saturated carbocycles. The van der Waals surface area contributed by atoms with Gasteiger partial charge in [0.25, 0.3) is 0 Å². The number of rotatable bonds is 3. The molecule has 0 atom stereocenters. The van der Waals surface area contributed by atoms with Crippen LogP contribution >= 0.6 is 11.6 Å². The molecule has 0 aromatic carbocycles. The minimum Gasteiger partial charge on any atom is -0.271 e. The van der Waals surface area contributed by atoms with Crippen molar-refractivity contribution in [2.75, 3.05) is 0 Å². The van der Waals surface area contributed by atoms with Gasteiger partial charge in [-0.25, -0.2) is 0 Å². The van der Waals surface area contributed by atoms with E-state index in [-0.39, 0.29) is 0 Å². The van der Waals surface area contributed by atoms with E-state index in [9.17, 15) is 0 Å². The van der Waals surface area contributed by atoms with Gasteiger partial charge in [0, 0.05) is 7.05 Å². The van der Waals surface area contributed by atoms with Gasteiger partial charge in [-0.05, 0) is 19.8 Å². The zero-order valence-electron chi connectivity index (χ0n) is 7.47. The van der Waals surface area contributed by atoms with Gasteiger partial charge in [0.1, 0.15) is 0 Å². The molecule has 1 heterocycles. The summed E-state index contributed by atoms with van der Waals surface area (Å²) >= 11 is 6.03. The Morgan fingerprint density at radius 3 is 2.75 bits per heavy atom. The molecule has 0 aliphatic heterocycles. The van der Waals surface area contributed by atoms with Gasteiger partial charge in [-0.2, -0.15) is 5.10 Å². The van der Waals surface area contributed by atoms with Gasteiger partial charge >= 0.3 is 0 Å². The van der Waals surface area contributed by atoms with Gasteiger partial charge in [0.15, 0.2) is 0 Å². The molecule has 0 fully saturated rings. The summed E-state index contributed by atoms with van der Waals surface area (Å²) in [6, 6.07) is 0. The molecule has 1 aromatic rings. The largest absolute Gasteiger partial charge is 0.271 e. The molecular weight excluding hydrogens is 172 g/mol. The SMILES string of the molecule is C=CCCc1c(Cl)c(C)nn1C. The molecule has 66 valence electrons. The fraction of sp³-hybridized carbons (Fsp3) is 0.444. The highest BCUT2D eigenvalue weighted by Crippen LogP contribution is 2.20. The second kappa shape index (κ2) is 3.76. The van der Waals surface area contributed by atoms with E-state index >= 15 is 0 Å². The summed E-state index contributed by atoms with van der Waals surface area (Å²) in [7, 11) is 1.91. The van der Waals surface area contributed by atoms with Gasteiger partial charge in [0.2, 0.25) is 0 Å². The third-order valence-electron chi connectivity index (χ3n) is 1.85. The Balaban J connectivity index is 2.89. The maximum absolute atomic E-state index is 6.03. The van der Waals surface area contributed by atoms with Crippen LogP contribution in [0.4, 0.5) is 0 Å². The van der Waals surface area contributed by atoms with E-state index < -0.39 is 0 Å². The normalized spacial score (nSPS) is 10.2. The van der Waals surface area contributed by atoms with E-state index in [0.717, 1.165) is 29.3 Å². The molecule has 0 spiro atoms. The molecule has 0 amide bonds. The Kier molecular flexibility index (Phi) is 2.93. The summed E-state index contributed by atoms with van der Waals surface area (Å²) in [6.07, 6.45) is 3.75. The van der Waals surface area contributed by atoms with Gasteiger partial charge in [-0.1, -0.05) is 17.7 Å². The number of nitrogens with zero attached hydrogens (tertiary/aromatic N) is 2. The van der Waals surface area contributed by atoms with Crippen LogP contribution in [0, 0.1) is 6.92 Å². The highest BCUT2D eigenvalue weighted by atomic mass is 35.5. The molecule has 12 heavy (non-hydrogen) atoms. The van der Waals surface area contributed by atoms with Crippen molar-refractivity contribution in [3.8, 4) is 0 Å². The maximum atomic E-state index is 6.03. The Morgan fingerprint density at radius 2 is 2.33 bits per heavy atom. The summed E-state index contributed by atoms with van der Waals surface area (Å²) in [5.74, 6) is 0. The molecule has 0 bridgehead atoms. The lowest BCUT2D eigenvalue weighted by atomic mass is 10.2. The molecule has 3 heteroatoms. The van der Waals surface area contributed by atoms with Crippen molar-refractivity contribution in [2.24, 2.45) is 7.05 Å². The number of hydrogen-bond donors (Lipinski definition) is 0. The first-order valence-corrected chi connectivity index (χ1v) is 4.33. The first-order chi connectivity index (χ1) is 5.66. The summed E-state index contributed by atoms with van der Waals surface area (Å²) in [5.41, 5.74) is 1.99. The van der Waals surface area contributed by atoms with Crippen LogP contribution in [-0.2, 0) is 13.5 Å². The predicted molar refractivity (Wildman–Crippen MR) is 51.5 cm³/mol. The lowest BCUT2D eigenvalue weighted by Gasteiger charge is -1.98. The van der Waals surface area contributed by atoms with E-state index in [0.29, 0.717) is 0 Å². The van der Waals surface area contributed by atoms with Crippen LogP contribution in [0.5, 0.6) is 0 Å². The summed E-state index contributed by atoms with van der Waals surface area (Å²) in [5, 5.41) is 5.01. The van der Waals surface area contributed by atoms with Crippen molar-refractivity contribution in [3.63, 3.8) is 0 Å². The van der Waals surface area contributed by atoms with E-state index in [1.807, 2.05) is 24.7 Å². The van der Waals surface area contributed by atoms with Crippen molar-refractivity contribution in [2.45, 2.75) is 19.8 Å². The van der Waals surface area contributed by atoms with Crippen LogP contribution < -0.4 is 0 Å². The Morgan fingerprint density at radius 1 is 1.67 bits per heavy atom. The van der Waals surface area contributed by atoms with E-state index in [2.05, 4.69) is 11.7 Å². The smallest absolute Gasteiger partial charge is 0.0847 e. The second-order valence-electron chi connectivity index (χ2n) is 2.80. The van der Waals surface area contributed by atoms with Crippen LogP contribution in [0.1, 0.15) is 17.8 Å². The van der Waals surface area contributed by atoms with Crippen molar-refractivity contribution >= 4 is 11.6 Å². The Labute approximate surface area is 77.8 Å². The highest BCUT2D eigenvalue weighted by Gasteiger charge is 2.08. The standard InChI is InChI=1S/C9H13ClN2/c1-4-5-6-8-9(10)7(2)11-12(8)3/h4H,1,5-6H2,2-3H3. The first-order valence-electron chi connectivity index (χ1n) is 3.95. The zero-order valence-corrected chi connectivity index (χ0v) is 8.23. The lowest BCUT2D eigenvalue weighted by Crippen LogP contribution is -1.97. The van der Waals surface area contributed by atoms with Gasteiger partial charge in [0.05, 0.1) is 16.4 Å². The number of aromatic nitrogens is 2. The van der Waals surface area contributed by atoms with Crippen LogP contribution in [-0.4, -0.2) is 9.78 Å². The maximum Gasteiger partial charge on any atom is 0.0847 e. The van der Waals surface area contributed by atoms with Gasteiger partial charge in [-0.15, -0.1) is 6.58 Å². The zero-order chi connectivity index (χ0) is 9.14. The average Bonchev–Trinajstić information content (AvgIpc) is 2.25. The third kappa shape index (κ3) is 1.69. The van der Waals surface area contributed by atoms with E-state index in [1.54, 1.807) is 0 Å². The molecule has 1 aromatic heterocycles. The Hall–Kier alpha value is -0.760. The first kappa shape index (κ1) is 9.33. The molecule has 0 N–H and O–H groups in total. The topological polar surface area (TPSA) is 17.8 Å². The summed E-state index contributed by atoms with van der Waals surface area (Å²) in [4.78, 5) is 0.